The summed E-state index contributed by atoms with van der Waals surface area (Å²) in [7, 11) is 7.64. The van der Waals surface area contributed by atoms with E-state index in [0.29, 0.717) is 18.8 Å². The summed E-state index contributed by atoms with van der Waals surface area (Å²) in [6, 6.07) is -0.109. The summed E-state index contributed by atoms with van der Waals surface area (Å²) in [5, 5.41) is 11.3. The molecular formula is C35H65N3O7. The smallest absolute Gasteiger partial charge is 0.319 e. The van der Waals surface area contributed by atoms with Gasteiger partial charge >= 0.3 is 5.97 Å². The fourth-order valence-corrected chi connectivity index (χ4v) is 7.98. The zero-order valence-corrected chi connectivity index (χ0v) is 30.2. The van der Waals surface area contributed by atoms with Gasteiger partial charge in [0.05, 0.1) is 17.8 Å². The quantitative estimate of drug-likeness (QED) is 0.312. The van der Waals surface area contributed by atoms with E-state index in [-0.39, 0.29) is 36.5 Å². The molecule has 45 heavy (non-hydrogen) atoms. The van der Waals surface area contributed by atoms with Crippen molar-refractivity contribution in [3.63, 3.8) is 0 Å². The van der Waals surface area contributed by atoms with E-state index in [1.807, 2.05) is 32.8 Å². The summed E-state index contributed by atoms with van der Waals surface area (Å²) in [5.41, 5.74) is -2.29. The van der Waals surface area contributed by atoms with E-state index in [0.717, 1.165) is 45.4 Å². The van der Waals surface area contributed by atoms with Crippen LogP contribution in [-0.2, 0) is 28.5 Å². The van der Waals surface area contributed by atoms with E-state index in [2.05, 4.69) is 30.7 Å². The lowest BCUT2D eigenvalue weighted by Gasteiger charge is -2.47. The minimum atomic E-state index is -1.39. The van der Waals surface area contributed by atoms with Gasteiger partial charge in [-0.1, -0.05) is 20.8 Å². The second-order valence-electron chi connectivity index (χ2n) is 15.4. The van der Waals surface area contributed by atoms with Crippen LogP contribution in [0.15, 0.2) is 0 Å². The van der Waals surface area contributed by atoms with Gasteiger partial charge < -0.3 is 33.9 Å². The van der Waals surface area contributed by atoms with Gasteiger partial charge in [0, 0.05) is 31.7 Å². The van der Waals surface area contributed by atoms with E-state index < -0.39 is 41.4 Å². The number of aliphatic hydroxyl groups is 1. The monoisotopic (exact) mass is 639 g/mol. The molecule has 3 rings (SSSR count). The number of hydrogen-bond donors (Lipinski definition) is 1. The molecule has 9 atom stereocenters. The molecule has 0 aromatic rings. The fourth-order valence-electron chi connectivity index (χ4n) is 7.98. The zero-order valence-electron chi connectivity index (χ0n) is 30.2. The van der Waals surface area contributed by atoms with Gasteiger partial charge in [-0.2, -0.15) is 0 Å². The number of cyclic esters (lactones) is 1. The topological polar surface area (TPSA) is 101 Å². The Bertz CT molecular complexity index is 956. The van der Waals surface area contributed by atoms with Gasteiger partial charge in [0.15, 0.2) is 12.1 Å². The molecule has 0 bridgehead atoms. The van der Waals surface area contributed by atoms with E-state index >= 15 is 0 Å². The molecule has 0 aromatic heterocycles. The van der Waals surface area contributed by atoms with Gasteiger partial charge in [0.1, 0.15) is 18.1 Å². The maximum Gasteiger partial charge on any atom is 0.319 e. The van der Waals surface area contributed by atoms with E-state index in [1.54, 1.807) is 27.9 Å². The maximum absolute atomic E-state index is 14.2. The number of piperidine rings is 1. The van der Waals surface area contributed by atoms with Crippen LogP contribution in [0, 0.1) is 23.2 Å². The number of carbonyl (C=O) groups is 2. The third-order valence-corrected chi connectivity index (χ3v) is 10.9. The SMILES string of the molecule is CCCN1CCC(C[C@@H]2COC(=O)C(C)(C)C(=O)[C@H](C)[C@@H](O[C@@H]3O[C@H](C)C[C@H](N(C)C)[C@H]3O)[C@](C)(OC)C[C@@H](C)CN2C)CC1. The van der Waals surface area contributed by atoms with Crippen LogP contribution in [-0.4, -0.2) is 135 Å². The number of methoxy groups -OCH3 is 1. The van der Waals surface area contributed by atoms with Crippen molar-refractivity contribution in [3.05, 3.63) is 0 Å². The number of carbonyl (C=O) groups excluding carboxylic acids is 2. The van der Waals surface area contributed by atoms with Crippen LogP contribution in [0.5, 0.6) is 0 Å². The van der Waals surface area contributed by atoms with Crippen molar-refractivity contribution in [1.29, 1.82) is 0 Å². The van der Waals surface area contributed by atoms with Crippen molar-refractivity contribution < 1.29 is 33.6 Å². The molecule has 0 amide bonds. The highest BCUT2D eigenvalue weighted by Crippen LogP contribution is 2.38. The van der Waals surface area contributed by atoms with Crippen LogP contribution < -0.4 is 0 Å². The van der Waals surface area contributed by atoms with E-state index in [1.165, 1.54) is 6.42 Å². The molecule has 0 spiro atoms. The number of ether oxygens (including phenoxy) is 4. The van der Waals surface area contributed by atoms with Crippen LogP contribution in [0.3, 0.4) is 0 Å². The molecule has 10 nitrogen and oxygen atoms in total. The molecule has 1 N–H and O–H groups in total. The van der Waals surface area contributed by atoms with Crippen molar-refractivity contribution >= 4 is 11.8 Å². The van der Waals surface area contributed by atoms with Gasteiger partial charge in [-0.15, -0.1) is 0 Å². The Morgan fingerprint density at radius 3 is 2.31 bits per heavy atom. The first kappa shape index (κ1) is 38.3. The second-order valence-corrected chi connectivity index (χ2v) is 15.4. The lowest BCUT2D eigenvalue weighted by Crippen LogP contribution is -2.59. The number of aliphatic hydroxyl groups excluding tert-OH is 1. The minimum Gasteiger partial charge on any atom is -0.463 e. The molecule has 3 heterocycles. The van der Waals surface area contributed by atoms with Crippen LogP contribution in [0.1, 0.15) is 87.0 Å². The third-order valence-electron chi connectivity index (χ3n) is 10.9. The largest absolute Gasteiger partial charge is 0.463 e. The Kier molecular flexibility index (Phi) is 13.9. The fraction of sp³-hybridized carbons (Fsp3) is 0.943. The molecule has 262 valence electrons. The predicted octanol–water partition coefficient (Wildman–Crippen LogP) is 3.83. The van der Waals surface area contributed by atoms with Crippen LogP contribution in [0.2, 0.25) is 0 Å². The molecule has 3 saturated heterocycles. The molecule has 0 radical (unpaired) electrons. The molecule has 0 aliphatic carbocycles. The molecule has 0 unspecified atom stereocenters. The van der Waals surface area contributed by atoms with Crippen molar-refractivity contribution in [1.82, 2.24) is 14.7 Å². The number of Topliss-reactive ketones (excluding diaryl/α,β-unsaturated/α-hetero) is 1. The number of likely N-dealkylation sites (N-methyl/N-ethyl adjacent to an activating group) is 2. The van der Waals surface area contributed by atoms with E-state index in [4.69, 9.17) is 18.9 Å². The molecule has 0 aromatic carbocycles. The van der Waals surface area contributed by atoms with Crippen molar-refractivity contribution in [2.24, 2.45) is 23.2 Å². The Labute approximate surface area is 273 Å². The Balaban J connectivity index is 1.90. The van der Waals surface area contributed by atoms with Crippen LogP contribution in [0.25, 0.3) is 0 Å². The Morgan fingerprint density at radius 1 is 1.09 bits per heavy atom. The number of esters is 1. The summed E-state index contributed by atoms with van der Waals surface area (Å²) >= 11 is 0. The molecule has 10 heteroatoms. The first-order valence-electron chi connectivity index (χ1n) is 17.4. The summed E-state index contributed by atoms with van der Waals surface area (Å²) < 4.78 is 25.0. The van der Waals surface area contributed by atoms with Crippen molar-refractivity contribution in [2.75, 3.05) is 61.0 Å². The molecule has 3 fully saturated rings. The summed E-state index contributed by atoms with van der Waals surface area (Å²) in [6.07, 6.45) is 2.91. The molecule has 3 aliphatic heterocycles. The Morgan fingerprint density at radius 2 is 1.73 bits per heavy atom. The van der Waals surface area contributed by atoms with Gasteiger partial charge in [-0.05, 0) is 119 Å². The predicted molar refractivity (Wildman–Crippen MR) is 176 cm³/mol. The highest BCUT2D eigenvalue weighted by molar-refractivity contribution is 6.04. The summed E-state index contributed by atoms with van der Waals surface area (Å²) in [5.74, 6) is -0.781. The van der Waals surface area contributed by atoms with Gasteiger partial charge in [-0.25, -0.2) is 0 Å². The standard InChI is InChI=1S/C35H65N3O7/c1-12-15-38-16-13-26(14-17-38)19-27-22-43-33(41)34(5,6)30(40)25(4)31(35(7,42-11)20-23(2)21-37(27)10)45-32-29(39)28(36(8)9)18-24(3)44-32/h23-29,31-32,39H,12-22H2,1-11H3/t23-,24-,25+,27-,28+,29-,31-,32+,35-/m1/s1. The average Bonchev–Trinajstić information content (AvgIpc) is 2.98. The molecular weight excluding hydrogens is 574 g/mol. The second kappa shape index (κ2) is 16.3. The number of hydrogen-bond acceptors (Lipinski definition) is 10. The van der Waals surface area contributed by atoms with Crippen LogP contribution >= 0.6 is 0 Å². The third kappa shape index (κ3) is 9.48. The number of rotatable bonds is 8. The first-order valence-corrected chi connectivity index (χ1v) is 17.4. The average molecular weight is 640 g/mol. The normalized spacial score (nSPS) is 38.8. The minimum absolute atomic E-state index is 0.0549. The zero-order chi connectivity index (χ0) is 33.7. The van der Waals surface area contributed by atoms with Crippen molar-refractivity contribution in [2.45, 2.75) is 129 Å². The van der Waals surface area contributed by atoms with E-state index in [9.17, 15) is 14.7 Å². The Hall–Kier alpha value is -1.14. The maximum atomic E-state index is 14.2. The summed E-state index contributed by atoms with van der Waals surface area (Å²) in [4.78, 5) is 34.7. The van der Waals surface area contributed by atoms with Gasteiger partial charge in [0.2, 0.25) is 0 Å². The first-order chi connectivity index (χ1) is 21.0. The summed E-state index contributed by atoms with van der Waals surface area (Å²) in [6.45, 7) is 17.9. The molecule has 3 aliphatic rings. The number of ketones is 1. The molecule has 0 saturated carbocycles. The lowest BCUT2D eigenvalue weighted by atomic mass is 9.74. The number of likely N-dealkylation sites (tertiary alicyclic amines) is 1. The lowest BCUT2D eigenvalue weighted by molar-refractivity contribution is -0.295. The van der Waals surface area contributed by atoms with Gasteiger partial charge in [0.25, 0.3) is 0 Å². The highest BCUT2D eigenvalue weighted by atomic mass is 16.7. The van der Waals surface area contributed by atoms with Gasteiger partial charge in [-0.3, -0.25) is 14.5 Å². The van der Waals surface area contributed by atoms with Crippen LogP contribution in [0.4, 0.5) is 0 Å². The van der Waals surface area contributed by atoms with Crippen molar-refractivity contribution in [3.8, 4) is 0 Å². The number of nitrogens with zero attached hydrogens (tertiary/aromatic N) is 3. The highest BCUT2D eigenvalue weighted by Gasteiger charge is 2.51.